The van der Waals surface area contributed by atoms with Crippen LogP contribution in [0.3, 0.4) is 0 Å². The molecule has 0 radical (unpaired) electrons. The van der Waals surface area contributed by atoms with E-state index in [1.54, 1.807) is 0 Å². The van der Waals surface area contributed by atoms with Crippen LogP contribution in [0.1, 0.15) is 162 Å². The fourth-order valence-electron chi connectivity index (χ4n) is 5.63. The Morgan fingerprint density at radius 2 is 0.966 bits per heavy atom. The summed E-state index contributed by atoms with van der Waals surface area (Å²) in [5.74, 6) is -0.869. The molecule has 59 heavy (non-hydrogen) atoms. The molecular formula is C49H84NO8P. The van der Waals surface area contributed by atoms with Crippen molar-refractivity contribution >= 4 is 19.8 Å². The zero-order valence-electron chi connectivity index (χ0n) is 37.9. The van der Waals surface area contributed by atoms with Crippen molar-refractivity contribution < 1.29 is 42.1 Å². The van der Waals surface area contributed by atoms with Crippen molar-refractivity contribution in [1.29, 1.82) is 0 Å². The van der Waals surface area contributed by atoms with E-state index < -0.39 is 32.5 Å². The lowest BCUT2D eigenvalue weighted by Gasteiger charge is -2.28. The van der Waals surface area contributed by atoms with E-state index >= 15 is 0 Å². The Morgan fingerprint density at radius 1 is 0.542 bits per heavy atom. The molecule has 0 saturated heterocycles. The Labute approximate surface area is 361 Å². The summed E-state index contributed by atoms with van der Waals surface area (Å²) in [5, 5.41) is 0. The van der Waals surface area contributed by atoms with Crippen LogP contribution in [0.2, 0.25) is 0 Å². The second-order valence-electron chi connectivity index (χ2n) is 16.0. The van der Waals surface area contributed by atoms with Gasteiger partial charge in [0, 0.05) is 12.8 Å². The van der Waals surface area contributed by atoms with Crippen molar-refractivity contribution in [2.24, 2.45) is 0 Å². The number of phosphoric acid groups is 1. The van der Waals surface area contributed by atoms with E-state index in [4.69, 9.17) is 18.5 Å². The summed E-state index contributed by atoms with van der Waals surface area (Å²) in [7, 11) is 1.14. The van der Waals surface area contributed by atoms with Crippen LogP contribution in [0.4, 0.5) is 0 Å². The maximum atomic E-state index is 12.7. The predicted octanol–water partition coefficient (Wildman–Crippen LogP) is 12.6. The van der Waals surface area contributed by atoms with Gasteiger partial charge in [-0.15, -0.1) is 0 Å². The molecule has 0 aliphatic carbocycles. The summed E-state index contributed by atoms with van der Waals surface area (Å²) in [6.07, 6.45) is 52.0. The quantitative estimate of drug-likeness (QED) is 0.0197. The molecule has 0 aromatic heterocycles. The standard InChI is InChI=1S/C49H84NO8P/c1-6-8-10-12-14-16-17-18-19-20-21-22-23-24-25-26-27-28-29-30-31-32-33-34-36-38-40-42-49(52)58-47(46-57-59(53,54)56-44-43-50(3,4)5)45-55-48(51)41-39-37-35-15-13-11-9-7-2/h8,10,14,16,18-19,21-22,24-25,27-28,30-31,47H,6-7,9,11-13,15,17,20,23,26,29,32-46H2,1-5H3/b10-8-,16-14-,19-18-,22-21-,25-24-,28-27-,31-30-. The molecule has 0 saturated carbocycles. The molecule has 0 heterocycles. The monoisotopic (exact) mass is 846 g/mol. The number of carbonyl (C=O) groups excluding carboxylic acids is 2. The molecule has 2 atom stereocenters. The van der Waals surface area contributed by atoms with E-state index in [0.29, 0.717) is 17.4 Å². The van der Waals surface area contributed by atoms with Crippen molar-refractivity contribution in [3.05, 3.63) is 85.1 Å². The van der Waals surface area contributed by atoms with Gasteiger partial charge in [-0.05, 0) is 70.6 Å². The van der Waals surface area contributed by atoms with E-state index in [0.717, 1.165) is 96.3 Å². The molecule has 0 spiro atoms. The van der Waals surface area contributed by atoms with E-state index in [1.807, 2.05) is 21.1 Å². The normalized spacial score (nSPS) is 14.3. The number of likely N-dealkylation sites (N-methyl/N-ethyl adjacent to an activating group) is 1. The molecule has 10 heteroatoms. The third-order valence-corrected chi connectivity index (χ3v) is 10.1. The number of esters is 2. The van der Waals surface area contributed by atoms with Crippen LogP contribution in [-0.2, 0) is 32.7 Å². The highest BCUT2D eigenvalue weighted by atomic mass is 31.2. The molecule has 0 N–H and O–H groups in total. The van der Waals surface area contributed by atoms with Crippen LogP contribution < -0.4 is 4.89 Å². The van der Waals surface area contributed by atoms with Gasteiger partial charge in [0.25, 0.3) is 7.82 Å². The van der Waals surface area contributed by atoms with Crippen LogP contribution in [0.5, 0.6) is 0 Å². The van der Waals surface area contributed by atoms with E-state index in [1.165, 1.54) is 32.1 Å². The van der Waals surface area contributed by atoms with Crippen molar-refractivity contribution in [2.75, 3.05) is 47.5 Å². The number of ether oxygens (including phenoxy) is 2. The number of hydrogen-bond donors (Lipinski definition) is 0. The van der Waals surface area contributed by atoms with Gasteiger partial charge in [0.2, 0.25) is 0 Å². The predicted molar refractivity (Wildman–Crippen MR) is 245 cm³/mol. The average Bonchev–Trinajstić information content (AvgIpc) is 3.19. The Balaban J connectivity index is 4.27. The minimum atomic E-state index is -4.63. The summed E-state index contributed by atoms with van der Waals surface area (Å²) in [6, 6.07) is 0. The first-order valence-electron chi connectivity index (χ1n) is 22.8. The first-order valence-corrected chi connectivity index (χ1v) is 24.3. The SMILES string of the molecule is CC/C=C\C/C=C\C/C=C\C/C=C\C/C=C\C/C=C\C/C=C\CCCCCCCC(=O)OC(COC(=O)CCCCCCCCCC)COP(=O)([O-])OCC[N+](C)(C)C. The molecule has 0 amide bonds. The summed E-state index contributed by atoms with van der Waals surface area (Å²) in [5.41, 5.74) is 0. The van der Waals surface area contributed by atoms with Crippen molar-refractivity contribution in [1.82, 2.24) is 0 Å². The van der Waals surface area contributed by atoms with E-state index in [2.05, 4.69) is 98.9 Å². The number of allylic oxidation sites excluding steroid dienone is 14. The highest BCUT2D eigenvalue weighted by molar-refractivity contribution is 7.45. The molecule has 9 nitrogen and oxygen atoms in total. The molecule has 2 unspecified atom stereocenters. The molecule has 0 aromatic rings. The second-order valence-corrected chi connectivity index (χ2v) is 17.4. The lowest BCUT2D eigenvalue weighted by molar-refractivity contribution is -0.870. The molecule has 0 aromatic carbocycles. The third-order valence-electron chi connectivity index (χ3n) is 9.18. The minimum Gasteiger partial charge on any atom is -0.756 e. The number of quaternary nitrogens is 1. The van der Waals surface area contributed by atoms with Crippen LogP contribution in [0.25, 0.3) is 0 Å². The maximum Gasteiger partial charge on any atom is 0.306 e. The van der Waals surface area contributed by atoms with Gasteiger partial charge in [-0.2, -0.15) is 0 Å². The van der Waals surface area contributed by atoms with Gasteiger partial charge in [-0.3, -0.25) is 14.2 Å². The molecule has 0 fully saturated rings. The lowest BCUT2D eigenvalue weighted by Crippen LogP contribution is -2.37. The zero-order chi connectivity index (χ0) is 43.6. The number of phosphoric ester groups is 1. The summed E-state index contributed by atoms with van der Waals surface area (Å²) in [4.78, 5) is 37.4. The van der Waals surface area contributed by atoms with E-state index in [-0.39, 0.29) is 26.1 Å². The first-order chi connectivity index (χ1) is 28.5. The Morgan fingerprint density at radius 3 is 1.44 bits per heavy atom. The summed E-state index contributed by atoms with van der Waals surface area (Å²) < 4.78 is 33.8. The topological polar surface area (TPSA) is 111 Å². The Bertz CT molecular complexity index is 1280. The number of rotatable bonds is 40. The Kier molecular flexibility index (Phi) is 38.7. The Hall–Kier alpha value is -2.81. The van der Waals surface area contributed by atoms with Crippen molar-refractivity contribution in [3.63, 3.8) is 0 Å². The van der Waals surface area contributed by atoms with Gasteiger partial charge < -0.3 is 27.9 Å². The highest BCUT2D eigenvalue weighted by Crippen LogP contribution is 2.38. The van der Waals surface area contributed by atoms with Gasteiger partial charge in [-0.25, -0.2) is 0 Å². The van der Waals surface area contributed by atoms with Gasteiger partial charge in [0.1, 0.15) is 19.8 Å². The molecule has 0 aliphatic heterocycles. The highest BCUT2D eigenvalue weighted by Gasteiger charge is 2.21. The largest absolute Gasteiger partial charge is 0.756 e. The lowest BCUT2D eigenvalue weighted by atomic mass is 10.1. The summed E-state index contributed by atoms with van der Waals surface area (Å²) in [6.45, 7) is 4.03. The minimum absolute atomic E-state index is 0.0388. The first kappa shape index (κ1) is 56.2. The number of unbranched alkanes of at least 4 members (excludes halogenated alkanes) is 12. The second kappa shape index (κ2) is 40.6. The van der Waals surface area contributed by atoms with Crippen LogP contribution >= 0.6 is 7.82 Å². The maximum absolute atomic E-state index is 12.7. The third kappa shape index (κ3) is 44.6. The van der Waals surface area contributed by atoms with Crippen LogP contribution in [0.15, 0.2) is 85.1 Å². The van der Waals surface area contributed by atoms with Crippen LogP contribution in [0, 0.1) is 0 Å². The van der Waals surface area contributed by atoms with Gasteiger partial charge in [0.15, 0.2) is 6.10 Å². The number of hydrogen-bond acceptors (Lipinski definition) is 8. The number of nitrogens with zero attached hydrogens (tertiary/aromatic N) is 1. The summed E-state index contributed by atoms with van der Waals surface area (Å²) >= 11 is 0. The molecular weight excluding hydrogens is 762 g/mol. The molecule has 0 bridgehead atoms. The molecule has 0 aliphatic rings. The van der Waals surface area contributed by atoms with E-state index in [9.17, 15) is 19.0 Å². The van der Waals surface area contributed by atoms with Gasteiger partial charge in [-0.1, -0.05) is 163 Å². The van der Waals surface area contributed by atoms with Crippen molar-refractivity contribution in [2.45, 2.75) is 168 Å². The van der Waals surface area contributed by atoms with Crippen molar-refractivity contribution in [3.8, 4) is 0 Å². The fraction of sp³-hybridized carbons (Fsp3) is 0.673. The molecule has 0 rings (SSSR count). The zero-order valence-corrected chi connectivity index (χ0v) is 38.8. The van der Waals surface area contributed by atoms with Gasteiger partial charge >= 0.3 is 11.9 Å². The molecule has 338 valence electrons. The average molecular weight is 846 g/mol. The fourth-order valence-corrected chi connectivity index (χ4v) is 6.36. The number of carbonyl (C=O) groups is 2. The van der Waals surface area contributed by atoms with Gasteiger partial charge in [0.05, 0.1) is 27.7 Å². The smallest absolute Gasteiger partial charge is 0.306 e. The van der Waals surface area contributed by atoms with Crippen LogP contribution in [-0.4, -0.2) is 70.0 Å².